The van der Waals surface area contributed by atoms with E-state index in [1.807, 2.05) is 18.2 Å². The van der Waals surface area contributed by atoms with Gasteiger partial charge in [0.15, 0.2) is 0 Å². The zero-order valence-electron chi connectivity index (χ0n) is 14.3. The molecule has 128 valence electrons. The molecule has 4 rings (SSSR count). The third kappa shape index (κ3) is 3.05. The van der Waals surface area contributed by atoms with Crippen LogP contribution in [0.1, 0.15) is 16.8 Å². The number of hydrogen-bond acceptors (Lipinski definition) is 2. The zero-order valence-corrected chi connectivity index (χ0v) is 14.3. The summed E-state index contributed by atoms with van der Waals surface area (Å²) >= 11 is 0. The molecule has 1 aliphatic carbocycles. The van der Waals surface area contributed by atoms with Crippen LogP contribution in [0.2, 0.25) is 0 Å². The number of amides is 2. The number of carbonyl (C=O) groups is 1. The topological polar surface area (TPSA) is 66.2 Å². The van der Waals surface area contributed by atoms with Gasteiger partial charge < -0.3 is 20.4 Å². The zero-order chi connectivity index (χ0) is 17.4. The number of H-pyrrole nitrogens is 1. The van der Waals surface area contributed by atoms with Gasteiger partial charge in [-0.1, -0.05) is 17.7 Å². The number of methoxy groups -OCH3 is 1. The van der Waals surface area contributed by atoms with Crippen molar-refractivity contribution in [2.24, 2.45) is 0 Å². The Morgan fingerprint density at radius 1 is 1.20 bits per heavy atom. The number of urea groups is 1. The number of fused-ring (bicyclic) bond motifs is 3. The standard InChI is InChI=1S/C20H21N3O2/c1-12-6-7-18-16(8-12)17-10-14(11-19(17)23-18)22-20(24)21-13-4-3-5-15(9-13)25-2/h3-9,14,23H,10-11H2,1-2H3,(H2,21,22,24). The second kappa shape index (κ2) is 6.16. The molecule has 5 heteroatoms. The molecule has 2 amide bonds. The quantitative estimate of drug-likeness (QED) is 0.682. The van der Waals surface area contributed by atoms with Gasteiger partial charge in [-0.05, 0) is 43.2 Å². The van der Waals surface area contributed by atoms with Gasteiger partial charge in [-0.25, -0.2) is 4.79 Å². The molecule has 1 heterocycles. The van der Waals surface area contributed by atoms with Crippen molar-refractivity contribution in [2.75, 3.05) is 12.4 Å². The SMILES string of the molecule is COc1cccc(NC(=O)NC2Cc3[nH]c4ccc(C)cc4c3C2)c1. The summed E-state index contributed by atoms with van der Waals surface area (Å²) in [4.78, 5) is 15.8. The Balaban J connectivity index is 1.43. The van der Waals surface area contributed by atoms with Crippen LogP contribution in [0.25, 0.3) is 10.9 Å². The molecule has 5 nitrogen and oxygen atoms in total. The first-order valence-corrected chi connectivity index (χ1v) is 8.44. The lowest BCUT2D eigenvalue weighted by molar-refractivity contribution is 0.249. The first-order chi connectivity index (χ1) is 12.1. The smallest absolute Gasteiger partial charge is 0.319 e. The first-order valence-electron chi connectivity index (χ1n) is 8.44. The number of nitrogens with one attached hydrogen (secondary N) is 3. The minimum atomic E-state index is -0.191. The average molecular weight is 335 g/mol. The monoisotopic (exact) mass is 335 g/mol. The average Bonchev–Trinajstić information content (AvgIpc) is 3.12. The van der Waals surface area contributed by atoms with E-state index in [1.54, 1.807) is 13.2 Å². The lowest BCUT2D eigenvalue weighted by atomic mass is 10.1. The summed E-state index contributed by atoms with van der Waals surface area (Å²) in [6, 6.07) is 13.7. The number of rotatable bonds is 3. The number of aromatic nitrogens is 1. The molecule has 0 fully saturated rings. The van der Waals surface area contributed by atoms with Gasteiger partial charge in [-0.2, -0.15) is 0 Å². The molecule has 25 heavy (non-hydrogen) atoms. The molecular weight excluding hydrogens is 314 g/mol. The number of hydrogen-bond donors (Lipinski definition) is 3. The van der Waals surface area contributed by atoms with Crippen molar-refractivity contribution < 1.29 is 9.53 Å². The highest BCUT2D eigenvalue weighted by Gasteiger charge is 2.26. The lowest BCUT2D eigenvalue weighted by Gasteiger charge is -2.14. The van der Waals surface area contributed by atoms with Crippen molar-refractivity contribution in [3.05, 3.63) is 59.3 Å². The third-order valence-corrected chi connectivity index (χ3v) is 4.71. The fourth-order valence-electron chi connectivity index (χ4n) is 3.55. The van der Waals surface area contributed by atoms with E-state index in [4.69, 9.17) is 4.74 Å². The minimum Gasteiger partial charge on any atom is -0.497 e. The molecule has 1 aliphatic rings. The van der Waals surface area contributed by atoms with E-state index >= 15 is 0 Å². The summed E-state index contributed by atoms with van der Waals surface area (Å²) in [5.41, 5.74) is 5.70. The molecule has 2 aromatic carbocycles. The van der Waals surface area contributed by atoms with Crippen LogP contribution >= 0.6 is 0 Å². The van der Waals surface area contributed by atoms with E-state index < -0.39 is 0 Å². The van der Waals surface area contributed by atoms with E-state index in [-0.39, 0.29) is 12.1 Å². The number of benzene rings is 2. The number of carbonyl (C=O) groups excluding carboxylic acids is 1. The number of anilines is 1. The molecule has 0 saturated carbocycles. The number of ether oxygens (including phenoxy) is 1. The first kappa shape index (κ1) is 15.6. The van der Waals surface area contributed by atoms with Crippen LogP contribution in [0.5, 0.6) is 5.75 Å². The third-order valence-electron chi connectivity index (χ3n) is 4.71. The highest BCUT2D eigenvalue weighted by molar-refractivity contribution is 5.90. The van der Waals surface area contributed by atoms with E-state index in [1.165, 1.54) is 27.7 Å². The van der Waals surface area contributed by atoms with Crippen molar-refractivity contribution in [1.29, 1.82) is 0 Å². The Morgan fingerprint density at radius 2 is 2.08 bits per heavy atom. The molecule has 1 aromatic heterocycles. The van der Waals surface area contributed by atoms with Crippen LogP contribution in [0, 0.1) is 6.92 Å². The maximum Gasteiger partial charge on any atom is 0.319 e. The van der Waals surface area contributed by atoms with Gasteiger partial charge in [0.1, 0.15) is 5.75 Å². The van der Waals surface area contributed by atoms with Gasteiger partial charge in [0, 0.05) is 40.8 Å². The van der Waals surface area contributed by atoms with Crippen LogP contribution < -0.4 is 15.4 Å². The second-order valence-electron chi connectivity index (χ2n) is 6.57. The highest BCUT2D eigenvalue weighted by atomic mass is 16.5. The lowest BCUT2D eigenvalue weighted by Crippen LogP contribution is -2.38. The van der Waals surface area contributed by atoms with E-state index in [2.05, 4.69) is 40.7 Å². The van der Waals surface area contributed by atoms with Gasteiger partial charge >= 0.3 is 6.03 Å². The number of aromatic amines is 1. The maximum absolute atomic E-state index is 12.3. The summed E-state index contributed by atoms with van der Waals surface area (Å²) < 4.78 is 5.18. The molecule has 3 aromatic rings. The van der Waals surface area contributed by atoms with Gasteiger partial charge in [-0.15, -0.1) is 0 Å². The maximum atomic E-state index is 12.3. The van der Waals surface area contributed by atoms with Gasteiger partial charge in [0.25, 0.3) is 0 Å². The van der Waals surface area contributed by atoms with Crippen molar-refractivity contribution in [3.63, 3.8) is 0 Å². The van der Waals surface area contributed by atoms with Gasteiger partial charge in [0.2, 0.25) is 0 Å². The second-order valence-corrected chi connectivity index (χ2v) is 6.57. The summed E-state index contributed by atoms with van der Waals surface area (Å²) in [6.45, 7) is 2.10. The molecule has 0 spiro atoms. The van der Waals surface area contributed by atoms with Crippen LogP contribution in [0.3, 0.4) is 0 Å². The summed E-state index contributed by atoms with van der Waals surface area (Å²) in [5.74, 6) is 0.718. The Bertz CT molecular complexity index is 945. The van der Waals surface area contributed by atoms with Crippen molar-refractivity contribution in [1.82, 2.24) is 10.3 Å². The minimum absolute atomic E-state index is 0.108. The molecular formula is C20H21N3O2. The van der Waals surface area contributed by atoms with Crippen LogP contribution in [0.15, 0.2) is 42.5 Å². The Kier molecular flexibility index (Phi) is 3.84. The Labute approximate surface area is 146 Å². The van der Waals surface area contributed by atoms with Crippen LogP contribution in [-0.2, 0) is 12.8 Å². The van der Waals surface area contributed by atoms with Crippen LogP contribution in [-0.4, -0.2) is 24.2 Å². The van der Waals surface area contributed by atoms with E-state index in [9.17, 15) is 4.79 Å². The van der Waals surface area contributed by atoms with Crippen molar-refractivity contribution >= 4 is 22.6 Å². The van der Waals surface area contributed by atoms with Crippen LogP contribution in [0.4, 0.5) is 10.5 Å². The predicted molar refractivity (Wildman–Crippen MR) is 99.4 cm³/mol. The Morgan fingerprint density at radius 3 is 2.92 bits per heavy atom. The highest BCUT2D eigenvalue weighted by Crippen LogP contribution is 2.30. The Hall–Kier alpha value is -2.95. The van der Waals surface area contributed by atoms with Gasteiger partial charge in [-0.3, -0.25) is 0 Å². The fourth-order valence-corrected chi connectivity index (χ4v) is 3.55. The molecule has 0 bridgehead atoms. The van der Waals surface area contributed by atoms with Crippen molar-refractivity contribution in [3.8, 4) is 5.75 Å². The molecule has 1 atom stereocenters. The summed E-state index contributed by atoms with van der Waals surface area (Å²) in [6.07, 6.45) is 1.68. The predicted octanol–water partition coefficient (Wildman–Crippen LogP) is 3.77. The molecule has 0 radical (unpaired) electrons. The van der Waals surface area contributed by atoms with E-state index in [0.717, 1.165) is 24.3 Å². The normalized spacial score (nSPS) is 15.8. The molecule has 3 N–H and O–H groups in total. The summed E-state index contributed by atoms with van der Waals surface area (Å²) in [5, 5.41) is 7.21. The van der Waals surface area contributed by atoms with Crippen molar-refractivity contribution in [2.45, 2.75) is 25.8 Å². The summed E-state index contributed by atoms with van der Waals surface area (Å²) in [7, 11) is 1.61. The largest absolute Gasteiger partial charge is 0.497 e. The van der Waals surface area contributed by atoms with Gasteiger partial charge in [0.05, 0.1) is 7.11 Å². The van der Waals surface area contributed by atoms with E-state index in [0.29, 0.717) is 0 Å². The molecule has 0 aliphatic heterocycles. The molecule has 0 saturated heterocycles. The number of aryl methyl sites for hydroxylation is 1. The molecule has 1 unspecified atom stereocenters. The fraction of sp³-hybridized carbons (Fsp3) is 0.250.